The lowest BCUT2D eigenvalue weighted by Crippen LogP contribution is -2.12. The van der Waals surface area contributed by atoms with Gasteiger partial charge < -0.3 is 9.84 Å². The third kappa shape index (κ3) is 3.98. The minimum absolute atomic E-state index is 0.166. The van der Waals surface area contributed by atoms with Crippen LogP contribution in [0.2, 0.25) is 0 Å². The van der Waals surface area contributed by atoms with E-state index >= 15 is 0 Å². The number of aromatic nitrogens is 1. The Labute approximate surface area is 133 Å². The van der Waals surface area contributed by atoms with Gasteiger partial charge >= 0.3 is 0 Å². The van der Waals surface area contributed by atoms with Crippen LogP contribution >= 0.6 is 0 Å². The number of methoxy groups -OCH3 is 1. The molecule has 0 saturated carbocycles. The summed E-state index contributed by atoms with van der Waals surface area (Å²) in [6.45, 7) is 4.28. The summed E-state index contributed by atoms with van der Waals surface area (Å²) in [4.78, 5) is 4.33. The Morgan fingerprint density at radius 1 is 1.18 bits per heavy atom. The summed E-state index contributed by atoms with van der Waals surface area (Å²) in [5.74, 6) is 0.166. The molecule has 3 heteroatoms. The maximum absolute atomic E-state index is 10.2. The van der Waals surface area contributed by atoms with Crippen LogP contribution < -0.4 is 0 Å². The molecule has 1 atom stereocenters. The van der Waals surface area contributed by atoms with Crippen LogP contribution in [-0.2, 0) is 11.2 Å². The van der Waals surface area contributed by atoms with Crippen LogP contribution in [0.1, 0.15) is 50.2 Å². The first-order valence-electron chi connectivity index (χ1n) is 8.27. The summed E-state index contributed by atoms with van der Waals surface area (Å²) in [6.07, 6.45) is 6.76. The Morgan fingerprint density at radius 2 is 1.95 bits per heavy atom. The van der Waals surface area contributed by atoms with Gasteiger partial charge in [-0.2, -0.15) is 0 Å². The number of hydrogen-bond donors (Lipinski definition) is 1. The first kappa shape index (κ1) is 16.8. The quantitative estimate of drug-likeness (QED) is 0.714. The normalized spacial score (nSPS) is 12.7. The van der Waals surface area contributed by atoms with Crippen molar-refractivity contribution in [2.75, 3.05) is 7.11 Å². The van der Waals surface area contributed by atoms with E-state index in [0.29, 0.717) is 0 Å². The van der Waals surface area contributed by atoms with E-state index in [2.05, 4.69) is 24.9 Å². The molecule has 1 aromatic carbocycles. The summed E-state index contributed by atoms with van der Waals surface area (Å²) < 4.78 is 5.58. The van der Waals surface area contributed by atoms with Gasteiger partial charge in [-0.25, -0.2) is 4.98 Å². The molecule has 0 amide bonds. The van der Waals surface area contributed by atoms with Gasteiger partial charge in [-0.1, -0.05) is 44.4 Å². The van der Waals surface area contributed by atoms with Crippen molar-refractivity contribution in [3.8, 4) is 5.88 Å². The predicted octanol–water partition coefficient (Wildman–Crippen LogP) is 4.78. The molecule has 0 bridgehead atoms. The molecule has 0 spiro atoms. The standard InChI is InChI=1S/C19H27NO2/c1-4-5-6-9-15(22-3)12-13-17-14(2)16-10-7-8-11-18(16)20-19(17)21/h7-8,10-11,15H,4-6,9,12-13H2,1-3H3,(H,20,21). The van der Waals surface area contributed by atoms with Crippen molar-refractivity contribution >= 4 is 10.9 Å². The summed E-state index contributed by atoms with van der Waals surface area (Å²) >= 11 is 0. The van der Waals surface area contributed by atoms with Gasteiger partial charge in [0.05, 0.1) is 11.6 Å². The van der Waals surface area contributed by atoms with E-state index in [1.807, 2.05) is 18.2 Å². The summed E-state index contributed by atoms with van der Waals surface area (Å²) in [5, 5.41) is 11.4. The van der Waals surface area contributed by atoms with Gasteiger partial charge in [-0.05, 0) is 37.8 Å². The van der Waals surface area contributed by atoms with Crippen molar-refractivity contribution in [3.05, 3.63) is 35.4 Å². The van der Waals surface area contributed by atoms with E-state index in [1.54, 1.807) is 7.11 Å². The largest absolute Gasteiger partial charge is 0.493 e. The highest BCUT2D eigenvalue weighted by molar-refractivity contribution is 5.83. The zero-order valence-corrected chi connectivity index (χ0v) is 13.9. The van der Waals surface area contributed by atoms with Crippen LogP contribution in [0, 0.1) is 6.92 Å². The van der Waals surface area contributed by atoms with Gasteiger partial charge in [-0.3, -0.25) is 0 Å². The average molecular weight is 301 g/mol. The van der Waals surface area contributed by atoms with Gasteiger partial charge in [-0.15, -0.1) is 0 Å². The number of para-hydroxylation sites is 1. The summed E-state index contributed by atoms with van der Waals surface area (Å²) in [5.41, 5.74) is 2.94. The number of ether oxygens (including phenoxy) is 1. The molecule has 1 aromatic heterocycles. The Morgan fingerprint density at radius 3 is 2.68 bits per heavy atom. The smallest absolute Gasteiger partial charge is 0.214 e. The molecule has 1 heterocycles. The second-order valence-electron chi connectivity index (χ2n) is 5.95. The molecule has 3 nitrogen and oxygen atoms in total. The molecule has 0 aliphatic rings. The van der Waals surface area contributed by atoms with Crippen LogP contribution in [-0.4, -0.2) is 23.3 Å². The van der Waals surface area contributed by atoms with Gasteiger partial charge in [0.25, 0.3) is 0 Å². The van der Waals surface area contributed by atoms with Crippen molar-refractivity contribution in [1.29, 1.82) is 0 Å². The molecule has 2 rings (SSSR count). The van der Waals surface area contributed by atoms with Gasteiger partial charge in [0, 0.05) is 18.1 Å². The van der Waals surface area contributed by atoms with Crippen molar-refractivity contribution in [3.63, 3.8) is 0 Å². The molecule has 0 saturated heterocycles. The van der Waals surface area contributed by atoms with E-state index < -0.39 is 0 Å². The highest BCUT2D eigenvalue weighted by Crippen LogP contribution is 2.28. The number of aryl methyl sites for hydroxylation is 1. The highest BCUT2D eigenvalue weighted by atomic mass is 16.5. The van der Waals surface area contributed by atoms with Crippen molar-refractivity contribution in [2.45, 2.75) is 58.5 Å². The fourth-order valence-electron chi connectivity index (χ4n) is 3.01. The number of nitrogens with zero attached hydrogens (tertiary/aromatic N) is 1. The molecular formula is C19H27NO2. The number of pyridine rings is 1. The average Bonchev–Trinajstić information content (AvgIpc) is 2.53. The number of benzene rings is 1. The van der Waals surface area contributed by atoms with Gasteiger partial charge in [0.2, 0.25) is 5.88 Å². The fraction of sp³-hybridized carbons (Fsp3) is 0.526. The minimum atomic E-state index is 0.166. The molecule has 0 fully saturated rings. The highest BCUT2D eigenvalue weighted by Gasteiger charge is 2.14. The molecule has 2 aromatic rings. The SMILES string of the molecule is CCCCCC(CCc1c(O)nc2ccccc2c1C)OC. The molecular weight excluding hydrogens is 274 g/mol. The molecule has 0 aliphatic heterocycles. The third-order valence-corrected chi connectivity index (χ3v) is 4.44. The molecule has 0 aliphatic carbocycles. The van der Waals surface area contributed by atoms with Crippen molar-refractivity contribution in [2.24, 2.45) is 0 Å². The van der Waals surface area contributed by atoms with E-state index in [0.717, 1.165) is 41.3 Å². The van der Waals surface area contributed by atoms with E-state index in [1.165, 1.54) is 19.3 Å². The Hall–Kier alpha value is -1.61. The monoisotopic (exact) mass is 301 g/mol. The molecule has 22 heavy (non-hydrogen) atoms. The summed E-state index contributed by atoms with van der Waals surface area (Å²) in [7, 11) is 1.78. The topological polar surface area (TPSA) is 42.4 Å². The lowest BCUT2D eigenvalue weighted by molar-refractivity contribution is 0.0858. The van der Waals surface area contributed by atoms with E-state index in [4.69, 9.17) is 4.74 Å². The minimum Gasteiger partial charge on any atom is -0.493 e. The Kier molecular flexibility index (Phi) is 6.20. The number of hydrogen-bond acceptors (Lipinski definition) is 3. The summed E-state index contributed by atoms with van der Waals surface area (Å²) in [6, 6.07) is 7.97. The third-order valence-electron chi connectivity index (χ3n) is 4.44. The number of aromatic hydroxyl groups is 1. The van der Waals surface area contributed by atoms with Crippen molar-refractivity contribution < 1.29 is 9.84 Å². The van der Waals surface area contributed by atoms with Crippen molar-refractivity contribution in [1.82, 2.24) is 4.98 Å². The zero-order valence-electron chi connectivity index (χ0n) is 13.9. The maximum Gasteiger partial charge on any atom is 0.214 e. The second-order valence-corrected chi connectivity index (χ2v) is 5.95. The van der Waals surface area contributed by atoms with Crippen LogP contribution in [0.5, 0.6) is 5.88 Å². The van der Waals surface area contributed by atoms with Gasteiger partial charge in [0.15, 0.2) is 0 Å². The van der Waals surface area contributed by atoms with Crippen LogP contribution in [0.25, 0.3) is 10.9 Å². The lowest BCUT2D eigenvalue weighted by atomic mass is 9.97. The van der Waals surface area contributed by atoms with Crippen LogP contribution in [0.4, 0.5) is 0 Å². The second kappa shape index (κ2) is 8.14. The van der Waals surface area contributed by atoms with Gasteiger partial charge in [0.1, 0.15) is 0 Å². The van der Waals surface area contributed by atoms with Crippen LogP contribution in [0.15, 0.2) is 24.3 Å². The Balaban J connectivity index is 2.10. The lowest BCUT2D eigenvalue weighted by Gasteiger charge is -2.17. The Bertz CT molecular complexity index is 610. The van der Waals surface area contributed by atoms with E-state index in [-0.39, 0.29) is 12.0 Å². The van der Waals surface area contributed by atoms with E-state index in [9.17, 15) is 5.11 Å². The fourth-order valence-corrected chi connectivity index (χ4v) is 3.01. The first-order chi connectivity index (χ1) is 10.7. The first-order valence-corrected chi connectivity index (χ1v) is 8.27. The molecule has 120 valence electrons. The maximum atomic E-state index is 10.2. The molecule has 0 radical (unpaired) electrons. The molecule has 1 unspecified atom stereocenters. The number of fused-ring (bicyclic) bond motifs is 1. The predicted molar refractivity (Wildman–Crippen MR) is 91.4 cm³/mol. The number of unbranched alkanes of at least 4 members (excludes halogenated alkanes) is 2. The van der Waals surface area contributed by atoms with Crippen LogP contribution in [0.3, 0.4) is 0 Å². The number of rotatable bonds is 8. The molecule has 1 N–H and O–H groups in total. The zero-order chi connectivity index (χ0) is 15.9.